The van der Waals surface area contributed by atoms with Gasteiger partial charge in [0, 0.05) is 5.92 Å². The van der Waals surface area contributed by atoms with Gasteiger partial charge in [-0.25, -0.2) is 0 Å². The Morgan fingerprint density at radius 3 is 1.92 bits per heavy atom. The highest BCUT2D eigenvalue weighted by Crippen LogP contribution is 2.56. The van der Waals surface area contributed by atoms with E-state index in [1.165, 1.54) is 109 Å². The average Bonchev–Trinajstić information content (AvgIpc) is 3.71. The average molecular weight is 679 g/mol. The van der Waals surface area contributed by atoms with Crippen LogP contribution in [0.15, 0.2) is 146 Å². The van der Waals surface area contributed by atoms with Gasteiger partial charge in [0.15, 0.2) is 0 Å². The lowest BCUT2D eigenvalue weighted by Crippen LogP contribution is -2.17. The van der Waals surface area contributed by atoms with Gasteiger partial charge in [0.05, 0.1) is 0 Å². The van der Waals surface area contributed by atoms with Crippen molar-refractivity contribution in [3.63, 3.8) is 0 Å². The standard InChI is InChI=1S/C53H42/c1-31-29-32(2)46(33(3)30-31)42-27-28-45-47-39(42)22-13-25-43(47)52-51(45)49(38-20-11-10-19-36(38)34-15-6-4-7-16-34)44-26-14-24-41-40-23-12-21-37(35-17-8-5-9-18-35)48(40)53(52)50(41)44/h4-15,17,20-30,34-36H,16,18-19H2,1-3H3. The lowest BCUT2D eigenvalue weighted by atomic mass is 9.73. The Labute approximate surface area is 311 Å². The van der Waals surface area contributed by atoms with Crippen LogP contribution in [0.5, 0.6) is 0 Å². The van der Waals surface area contributed by atoms with Crippen molar-refractivity contribution in [3.8, 4) is 11.1 Å². The highest BCUT2D eigenvalue weighted by molar-refractivity contribution is 6.47. The number of allylic oxidation sites excluding steroid dienone is 12. The Hall–Kier alpha value is -5.72. The van der Waals surface area contributed by atoms with E-state index >= 15 is 0 Å². The second-order valence-electron chi connectivity index (χ2n) is 15.9. The van der Waals surface area contributed by atoms with Gasteiger partial charge >= 0.3 is 0 Å². The van der Waals surface area contributed by atoms with Crippen molar-refractivity contribution >= 4 is 70.2 Å². The molecule has 0 amide bonds. The summed E-state index contributed by atoms with van der Waals surface area (Å²) in [7, 11) is 0. The number of aryl methyl sites for hydroxylation is 3. The van der Waals surface area contributed by atoms with E-state index in [9.17, 15) is 0 Å². The highest BCUT2D eigenvalue weighted by atomic mass is 14.3. The molecule has 8 aromatic carbocycles. The van der Waals surface area contributed by atoms with Gasteiger partial charge < -0.3 is 0 Å². The van der Waals surface area contributed by atoms with E-state index in [4.69, 9.17) is 0 Å². The summed E-state index contributed by atoms with van der Waals surface area (Å²) in [5.41, 5.74) is 11.1. The number of rotatable bonds is 4. The SMILES string of the molecule is Cc1cc(C)c(-c2ccc3c4c(C5=CC=CCC5C5C=CC=CC5)c5cccc6c7cccc(C8C=CC=CC8)c7c(c56)c4c4cccc2c34)c(C)c1. The summed E-state index contributed by atoms with van der Waals surface area (Å²) < 4.78 is 0. The summed E-state index contributed by atoms with van der Waals surface area (Å²) in [4.78, 5) is 0. The lowest BCUT2D eigenvalue weighted by Gasteiger charge is -2.30. The van der Waals surface area contributed by atoms with Crippen LogP contribution in [0.3, 0.4) is 0 Å². The summed E-state index contributed by atoms with van der Waals surface area (Å²) in [5, 5.41) is 16.9. The third kappa shape index (κ3) is 4.36. The largest absolute Gasteiger partial charge is 0.0839 e. The van der Waals surface area contributed by atoms with Crippen LogP contribution < -0.4 is 0 Å². The predicted octanol–water partition coefficient (Wildman–Crippen LogP) is 14.8. The molecule has 3 aliphatic carbocycles. The zero-order valence-electron chi connectivity index (χ0n) is 30.7. The van der Waals surface area contributed by atoms with Crippen molar-refractivity contribution in [1.29, 1.82) is 0 Å². The summed E-state index contributed by atoms with van der Waals surface area (Å²) >= 11 is 0. The van der Waals surface area contributed by atoms with Crippen LogP contribution in [-0.4, -0.2) is 0 Å². The van der Waals surface area contributed by atoms with Crippen LogP contribution in [0.25, 0.3) is 81.3 Å². The van der Waals surface area contributed by atoms with Gasteiger partial charge in [-0.05, 0) is 155 Å². The number of fused-ring (bicyclic) bond motifs is 7. The van der Waals surface area contributed by atoms with Crippen LogP contribution >= 0.6 is 0 Å². The van der Waals surface area contributed by atoms with Crippen molar-refractivity contribution < 1.29 is 0 Å². The van der Waals surface area contributed by atoms with Crippen LogP contribution in [0.2, 0.25) is 0 Å². The van der Waals surface area contributed by atoms with Crippen LogP contribution in [0.4, 0.5) is 0 Å². The molecule has 0 N–H and O–H groups in total. The minimum atomic E-state index is 0.356. The lowest BCUT2D eigenvalue weighted by molar-refractivity contribution is 0.492. The van der Waals surface area contributed by atoms with Gasteiger partial charge in [0.1, 0.15) is 0 Å². The fourth-order valence-corrected chi connectivity index (χ4v) is 10.9. The van der Waals surface area contributed by atoms with Crippen molar-refractivity contribution in [2.75, 3.05) is 0 Å². The number of benzene rings is 6. The van der Waals surface area contributed by atoms with Gasteiger partial charge in [-0.1, -0.05) is 151 Å². The predicted molar refractivity (Wildman–Crippen MR) is 231 cm³/mol. The molecule has 0 heterocycles. The Balaban J connectivity index is 1.36. The Kier molecular flexibility index (Phi) is 6.78. The van der Waals surface area contributed by atoms with Crippen LogP contribution in [-0.2, 0) is 0 Å². The van der Waals surface area contributed by atoms with Gasteiger partial charge in [0.2, 0.25) is 0 Å². The first-order valence-electron chi connectivity index (χ1n) is 19.5. The molecule has 0 radical (unpaired) electrons. The molecule has 0 heteroatoms. The molecule has 0 aliphatic heterocycles. The molecule has 3 aliphatic rings. The normalized spacial score (nSPS) is 20.1. The Bertz CT molecular complexity index is 2980. The molecule has 0 saturated carbocycles. The maximum atomic E-state index is 2.48. The van der Waals surface area contributed by atoms with E-state index in [1.807, 2.05) is 0 Å². The third-order valence-electron chi connectivity index (χ3n) is 12.9. The molecule has 254 valence electrons. The third-order valence-corrected chi connectivity index (χ3v) is 12.9. The van der Waals surface area contributed by atoms with Crippen molar-refractivity contribution in [3.05, 3.63) is 174 Å². The molecular formula is C53H42. The molecule has 0 spiro atoms. The molecule has 8 aromatic rings. The molecule has 3 unspecified atom stereocenters. The van der Waals surface area contributed by atoms with Gasteiger partial charge in [-0.15, -0.1) is 0 Å². The maximum absolute atomic E-state index is 2.48. The smallest absolute Gasteiger partial charge is 0.00620 e. The van der Waals surface area contributed by atoms with Gasteiger partial charge in [-0.2, -0.15) is 0 Å². The Morgan fingerprint density at radius 2 is 1.15 bits per heavy atom. The first-order chi connectivity index (χ1) is 26.1. The van der Waals surface area contributed by atoms with Crippen LogP contribution in [0, 0.1) is 32.6 Å². The van der Waals surface area contributed by atoms with E-state index in [0.29, 0.717) is 17.8 Å². The fraction of sp³-hybridized carbons (Fsp3) is 0.170. The summed E-state index contributed by atoms with van der Waals surface area (Å²) in [6.45, 7) is 6.78. The van der Waals surface area contributed by atoms with Crippen LogP contribution in [0.1, 0.15) is 53.0 Å². The molecule has 3 atom stereocenters. The molecule has 0 saturated heterocycles. The zero-order chi connectivity index (χ0) is 35.4. The molecule has 0 bridgehead atoms. The molecule has 0 fully saturated rings. The van der Waals surface area contributed by atoms with E-state index in [1.54, 1.807) is 0 Å². The van der Waals surface area contributed by atoms with E-state index in [2.05, 4.69) is 166 Å². The topological polar surface area (TPSA) is 0 Å². The van der Waals surface area contributed by atoms with E-state index in [-0.39, 0.29) is 0 Å². The summed E-state index contributed by atoms with van der Waals surface area (Å²) in [6, 6.07) is 31.0. The number of hydrogen-bond acceptors (Lipinski definition) is 0. The zero-order valence-corrected chi connectivity index (χ0v) is 30.7. The first-order valence-corrected chi connectivity index (χ1v) is 19.5. The monoisotopic (exact) mass is 678 g/mol. The summed E-state index contributed by atoms with van der Waals surface area (Å²) in [5.74, 6) is 1.25. The molecule has 53 heavy (non-hydrogen) atoms. The first kappa shape index (κ1) is 30.9. The van der Waals surface area contributed by atoms with Crippen molar-refractivity contribution in [1.82, 2.24) is 0 Å². The quantitative estimate of drug-likeness (QED) is 0.174. The van der Waals surface area contributed by atoms with Gasteiger partial charge in [-0.3, -0.25) is 0 Å². The molecule has 0 aromatic heterocycles. The van der Waals surface area contributed by atoms with Crippen molar-refractivity contribution in [2.45, 2.75) is 46.0 Å². The fourth-order valence-electron chi connectivity index (χ4n) is 10.9. The minimum absolute atomic E-state index is 0.356. The number of hydrogen-bond donors (Lipinski definition) is 0. The molecular weight excluding hydrogens is 637 g/mol. The minimum Gasteiger partial charge on any atom is -0.0839 e. The van der Waals surface area contributed by atoms with E-state index < -0.39 is 0 Å². The molecule has 11 rings (SSSR count). The van der Waals surface area contributed by atoms with Gasteiger partial charge in [0.25, 0.3) is 0 Å². The Morgan fingerprint density at radius 1 is 0.472 bits per heavy atom. The highest BCUT2D eigenvalue weighted by Gasteiger charge is 2.32. The van der Waals surface area contributed by atoms with Crippen molar-refractivity contribution in [2.24, 2.45) is 11.8 Å². The van der Waals surface area contributed by atoms with E-state index in [0.717, 1.165) is 19.3 Å². The second kappa shape index (κ2) is 11.6. The molecule has 0 nitrogen and oxygen atoms in total. The second-order valence-corrected chi connectivity index (χ2v) is 15.9. The maximum Gasteiger partial charge on any atom is 0.00620 e. The summed E-state index contributed by atoms with van der Waals surface area (Å²) in [6.07, 6.45) is 28.8.